The summed E-state index contributed by atoms with van der Waals surface area (Å²) in [5, 5.41) is 0.278. The zero-order valence-corrected chi connectivity index (χ0v) is 16.1. The molecule has 0 N–H and O–H groups in total. The number of ketones is 1. The summed E-state index contributed by atoms with van der Waals surface area (Å²) in [7, 11) is 0. The van der Waals surface area contributed by atoms with Crippen LogP contribution in [0.3, 0.4) is 0 Å². The van der Waals surface area contributed by atoms with Gasteiger partial charge >= 0.3 is 0 Å². The van der Waals surface area contributed by atoms with Crippen LogP contribution in [0.4, 0.5) is 8.78 Å². The number of carbonyl (C=O) groups excluding carboxylic acids is 1. The Morgan fingerprint density at radius 1 is 1.07 bits per heavy atom. The Balaban J connectivity index is 1.59. The summed E-state index contributed by atoms with van der Waals surface area (Å²) in [6.45, 7) is 1.70. The van der Waals surface area contributed by atoms with Crippen LogP contribution in [-0.4, -0.2) is 5.78 Å². The van der Waals surface area contributed by atoms with Gasteiger partial charge < -0.3 is 9.47 Å². The maximum absolute atomic E-state index is 13.9. The summed E-state index contributed by atoms with van der Waals surface area (Å²) >= 11 is 6.03. The van der Waals surface area contributed by atoms with E-state index in [2.05, 4.69) is 0 Å². The van der Waals surface area contributed by atoms with Crippen molar-refractivity contribution in [3.05, 3.63) is 99.3 Å². The van der Waals surface area contributed by atoms with Gasteiger partial charge in [0.2, 0.25) is 5.78 Å². The quantitative estimate of drug-likeness (QED) is 0.484. The molecule has 0 amide bonds. The molecule has 0 saturated carbocycles. The van der Waals surface area contributed by atoms with E-state index >= 15 is 0 Å². The number of hydrogen-bond donors (Lipinski definition) is 0. The fourth-order valence-electron chi connectivity index (χ4n) is 3.05. The van der Waals surface area contributed by atoms with Crippen LogP contribution < -0.4 is 9.47 Å². The molecule has 0 spiro atoms. The highest BCUT2D eigenvalue weighted by atomic mass is 35.5. The minimum atomic E-state index is -0.452. The minimum Gasteiger partial charge on any atom is -0.488 e. The van der Waals surface area contributed by atoms with Crippen molar-refractivity contribution < 1.29 is 23.0 Å². The second kappa shape index (κ2) is 7.68. The van der Waals surface area contributed by atoms with E-state index in [1.807, 2.05) is 0 Å². The van der Waals surface area contributed by atoms with E-state index in [4.69, 9.17) is 21.1 Å². The van der Waals surface area contributed by atoms with E-state index < -0.39 is 5.82 Å². The van der Waals surface area contributed by atoms with Crippen molar-refractivity contribution in [1.82, 2.24) is 0 Å². The van der Waals surface area contributed by atoms with E-state index in [1.54, 1.807) is 43.3 Å². The predicted octanol–water partition coefficient (Wildman–Crippen LogP) is 6.12. The van der Waals surface area contributed by atoms with Gasteiger partial charge in [0.15, 0.2) is 5.76 Å². The Hall–Kier alpha value is -3.18. The molecule has 0 aromatic heterocycles. The second-order valence-electron chi connectivity index (χ2n) is 6.55. The van der Waals surface area contributed by atoms with Crippen LogP contribution in [0.25, 0.3) is 6.08 Å². The first kappa shape index (κ1) is 19.2. The average Bonchev–Trinajstić information content (AvgIpc) is 3.01. The molecule has 0 atom stereocenters. The third-order valence-corrected chi connectivity index (χ3v) is 4.99. The smallest absolute Gasteiger partial charge is 0.231 e. The molecule has 6 heteroatoms. The van der Waals surface area contributed by atoms with Crippen LogP contribution in [-0.2, 0) is 6.61 Å². The van der Waals surface area contributed by atoms with Gasteiger partial charge in [0, 0.05) is 11.1 Å². The van der Waals surface area contributed by atoms with Crippen molar-refractivity contribution in [2.24, 2.45) is 0 Å². The van der Waals surface area contributed by atoms with Crippen LogP contribution in [0.1, 0.15) is 27.0 Å². The monoisotopic (exact) mass is 412 g/mol. The van der Waals surface area contributed by atoms with Crippen molar-refractivity contribution >= 4 is 23.5 Å². The first-order valence-electron chi connectivity index (χ1n) is 8.83. The van der Waals surface area contributed by atoms with E-state index in [0.717, 1.165) is 0 Å². The number of benzene rings is 3. The Bertz CT molecular complexity index is 1120. The minimum absolute atomic E-state index is 0.0582. The largest absolute Gasteiger partial charge is 0.488 e. The van der Waals surface area contributed by atoms with Crippen molar-refractivity contribution in [2.75, 3.05) is 0 Å². The van der Waals surface area contributed by atoms with Crippen molar-refractivity contribution in [1.29, 1.82) is 0 Å². The van der Waals surface area contributed by atoms with E-state index in [-0.39, 0.29) is 34.6 Å². The first-order chi connectivity index (χ1) is 13.9. The molecule has 1 aliphatic rings. The van der Waals surface area contributed by atoms with Crippen molar-refractivity contribution in [2.45, 2.75) is 13.5 Å². The third-order valence-electron chi connectivity index (χ3n) is 4.64. The lowest BCUT2D eigenvalue weighted by atomic mass is 10.1. The van der Waals surface area contributed by atoms with Gasteiger partial charge in [0.05, 0.1) is 10.6 Å². The van der Waals surface area contributed by atoms with Gasteiger partial charge in [0.1, 0.15) is 29.7 Å². The highest BCUT2D eigenvalue weighted by molar-refractivity contribution is 6.31. The summed E-state index contributed by atoms with van der Waals surface area (Å²) in [5.41, 5.74) is 1.92. The van der Waals surface area contributed by atoms with Gasteiger partial charge in [-0.2, -0.15) is 0 Å². The maximum Gasteiger partial charge on any atom is 0.231 e. The number of allylic oxidation sites excluding steroid dienone is 1. The SMILES string of the molecule is Cc1c(OCc2c(F)cccc2Cl)ccc2c1O/C(=C\c1ccc(F)cc1)C2=O. The molecule has 0 fully saturated rings. The number of hydrogen-bond acceptors (Lipinski definition) is 3. The van der Waals surface area contributed by atoms with Crippen LogP contribution in [0.5, 0.6) is 11.5 Å². The number of halogens is 3. The molecule has 1 heterocycles. The summed E-state index contributed by atoms with van der Waals surface area (Å²) in [5.74, 6) is -0.0894. The molecular formula is C23H15ClF2O3. The lowest BCUT2D eigenvalue weighted by Crippen LogP contribution is -2.01. The molecule has 3 aromatic carbocycles. The van der Waals surface area contributed by atoms with Crippen molar-refractivity contribution in [3.63, 3.8) is 0 Å². The van der Waals surface area contributed by atoms with Gasteiger partial charge in [-0.15, -0.1) is 0 Å². The van der Waals surface area contributed by atoms with Gasteiger partial charge in [-0.05, 0) is 55.0 Å². The Labute approximate surface area is 171 Å². The number of rotatable bonds is 4. The normalized spacial score (nSPS) is 14.1. The molecule has 0 saturated heterocycles. The topological polar surface area (TPSA) is 35.5 Å². The van der Waals surface area contributed by atoms with Gasteiger partial charge in [-0.1, -0.05) is 29.8 Å². The molecular weight excluding hydrogens is 398 g/mol. The molecule has 29 heavy (non-hydrogen) atoms. The molecule has 0 aliphatic carbocycles. The lowest BCUT2D eigenvalue weighted by Gasteiger charge is -2.12. The van der Waals surface area contributed by atoms with Crippen LogP contribution in [0, 0.1) is 18.6 Å². The molecule has 0 unspecified atom stereocenters. The number of Topliss-reactive ketones (excluding diaryl/α,β-unsaturated/α-hetero) is 1. The Kier molecular flexibility index (Phi) is 5.07. The standard InChI is InChI=1S/C23H15ClF2O3/c1-13-20(28-12-17-18(24)3-2-4-19(17)26)10-9-16-22(27)21(29-23(13)16)11-14-5-7-15(25)8-6-14/h2-11H,12H2,1H3/b21-11-. The summed E-state index contributed by atoms with van der Waals surface area (Å²) in [6, 6.07) is 13.4. The number of fused-ring (bicyclic) bond motifs is 1. The molecule has 1 aliphatic heterocycles. The van der Waals surface area contributed by atoms with Gasteiger partial charge in [-0.25, -0.2) is 8.78 Å². The van der Waals surface area contributed by atoms with Crippen LogP contribution in [0.15, 0.2) is 60.4 Å². The maximum atomic E-state index is 13.9. The van der Waals surface area contributed by atoms with E-state index in [0.29, 0.717) is 28.2 Å². The summed E-state index contributed by atoms with van der Waals surface area (Å²) < 4.78 is 38.5. The summed E-state index contributed by atoms with van der Waals surface area (Å²) in [4.78, 5) is 12.6. The fourth-order valence-corrected chi connectivity index (χ4v) is 3.27. The average molecular weight is 413 g/mol. The lowest BCUT2D eigenvalue weighted by molar-refractivity contribution is 0.101. The molecule has 0 radical (unpaired) electrons. The molecule has 3 aromatic rings. The molecule has 3 nitrogen and oxygen atoms in total. The van der Waals surface area contributed by atoms with Crippen LogP contribution >= 0.6 is 11.6 Å². The van der Waals surface area contributed by atoms with E-state index in [9.17, 15) is 13.6 Å². The van der Waals surface area contributed by atoms with Gasteiger partial charge in [0.25, 0.3) is 0 Å². The summed E-state index contributed by atoms with van der Waals surface area (Å²) in [6.07, 6.45) is 1.56. The van der Waals surface area contributed by atoms with Crippen LogP contribution in [0.2, 0.25) is 5.02 Å². The highest BCUT2D eigenvalue weighted by Gasteiger charge is 2.30. The molecule has 0 bridgehead atoms. The molecule has 146 valence electrons. The second-order valence-corrected chi connectivity index (χ2v) is 6.95. The van der Waals surface area contributed by atoms with E-state index in [1.165, 1.54) is 24.3 Å². The zero-order chi connectivity index (χ0) is 20.5. The first-order valence-corrected chi connectivity index (χ1v) is 9.21. The fraction of sp³-hybridized carbons (Fsp3) is 0.0870. The third kappa shape index (κ3) is 3.74. The Morgan fingerprint density at radius 3 is 2.55 bits per heavy atom. The zero-order valence-electron chi connectivity index (χ0n) is 15.3. The number of carbonyl (C=O) groups is 1. The molecule has 4 rings (SSSR count). The highest BCUT2D eigenvalue weighted by Crippen LogP contribution is 2.39. The van der Waals surface area contributed by atoms with Crippen molar-refractivity contribution in [3.8, 4) is 11.5 Å². The number of ether oxygens (including phenoxy) is 2. The predicted molar refractivity (Wildman–Crippen MR) is 106 cm³/mol. The van der Waals surface area contributed by atoms with Gasteiger partial charge in [-0.3, -0.25) is 4.79 Å². The Morgan fingerprint density at radius 2 is 1.83 bits per heavy atom.